The van der Waals surface area contributed by atoms with Gasteiger partial charge >= 0.3 is 12.1 Å². The minimum atomic E-state index is -4.54. The number of carboxylic acid groups (broad SMARTS) is 1. The van der Waals surface area contributed by atoms with Crippen LogP contribution in [-0.2, 0) is 6.18 Å². The zero-order valence-electron chi connectivity index (χ0n) is 11.1. The second-order valence-corrected chi connectivity index (χ2v) is 4.42. The smallest absolute Gasteiger partial charge is 0.475 e. The van der Waals surface area contributed by atoms with Crippen LogP contribution in [0.25, 0.3) is 11.1 Å². The van der Waals surface area contributed by atoms with Gasteiger partial charge in [-0.15, -0.1) is 0 Å². The summed E-state index contributed by atoms with van der Waals surface area (Å²) in [4.78, 5) is 8.71. The number of alkyl halides is 3. The van der Waals surface area contributed by atoms with E-state index in [0.717, 1.165) is 30.3 Å². The lowest BCUT2D eigenvalue weighted by molar-refractivity contribution is -0.137. The maximum absolute atomic E-state index is 12.9. The molecule has 0 saturated heterocycles. The van der Waals surface area contributed by atoms with Crippen molar-refractivity contribution in [3.05, 3.63) is 53.8 Å². The van der Waals surface area contributed by atoms with Crippen LogP contribution in [0.1, 0.15) is 5.56 Å². The van der Waals surface area contributed by atoms with E-state index in [-0.39, 0.29) is 11.3 Å². The fraction of sp³-hybridized carbons (Fsp3) is 0.133. The Morgan fingerprint density at radius 1 is 1.09 bits per heavy atom. The Labute approximate surface area is 122 Å². The number of aliphatic carboxylic acids is 1. The lowest BCUT2D eigenvalue weighted by Crippen LogP contribution is -2.11. The average Bonchev–Trinajstić information content (AvgIpc) is 2.45. The van der Waals surface area contributed by atoms with E-state index >= 15 is 0 Å². The Morgan fingerprint density at radius 2 is 1.73 bits per heavy atom. The molecular formula is C15H11F4O3+. The third kappa shape index (κ3) is 3.75. The Bertz CT molecular complexity index is 678. The van der Waals surface area contributed by atoms with Crippen LogP contribution in [-0.4, -0.2) is 22.5 Å². The Hall–Kier alpha value is -2.57. The lowest BCUT2D eigenvalue weighted by atomic mass is 10.0. The van der Waals surface area contributed by atoms with Crippen molar-refractivity contribution >= 4 is 5.97 Å². The lowest BCUT2D eigenvalue weighted by Gasteiger charge is -2.13. The van der Waals surface area contributed by atoms with Crippen LogP contribution in [0.3, 0.4) is 0 Å². The second-order valence-electron chi connectivity index (χ2n) is 4.42. The van der Waals surface area contributed by atoms with Gasteiger partial charge in [0.25, 0.3) is 0 Å². The van der Waals surface area contributed by atoms with Gasteiger partial charge in [0.1, 0.15) is 11.6 Å². The number of halogens is 4. The summed E-state index contributed by atoms with van der Waals surface area (Å²) in [5, 5.41) is 8.71. The molecule has 0 aliphatic heterocycles. The summed E-state index contributed by atoms with van der Waals surface area (Å²) < 4.78 is 56.4. The number of rotatable bonds is 4. The summed E-state index contributed by atoms with van der Waals surface area (Å²) in [7, 11) is 0. The SMILES string of the molecule is OC(=[OH+])COc1ccc(C(F)(F)F)cc1-c1ccc(F)cc1. The number of hydrogen-bond donors (Lipinski definition) is 1. The second kappa shape index (κ2) is 6.05. The van der Waals surface area contributed by atoms with Gasteiger partial charge in [-0.25, -0.2) is 4.39 Å². The first kappa shape index (κ1) is 15.8. The van der Waals surface area contributed by atoms with Crippen molar-refractivity contribution in [3.63, 3.8) is 0 Å². The minimum Gasteiger partial charge on any atom is -0.475 e. The number of aliphatic hydroxyl groups excluding tert-OH is 1. The van der Waals surface area contributed by atoms with Crippen molar-refractivity contribution in [1.29, 1.82) is 0 Å². The highest BCUT2D eigenvalue weighted by atomic mass is 19.4. The zero-order valence-corrected chi connectivity index (χ0v) is 11.1. The molecule has 0 saturated carbocycles. The summed E-state index contributed by atoms with van der Waals surface area (Å²) in [6, 6.07) is 7.57. The van der Waals surface area contributed by atoms with Gasteiger partial charge in [0.05, 0.1) is 5.56 Å². The van der Waals surface area contributed by atoms with Gasteiger partial charge in [-0.1, -0.05) is 12.1 Å². The number of ether oxygens (including phenoxy) is 1. The molecule has 0 spiro atoms. The molecule has 7 heteroatoms. The molecule has 0 radical (unpaired) electrons. The molecule has 0 aromatic heterocycles. The van der Waals surface area contributed by atoms with Crippen molar-refractivity contribution in [1.82, 2.24) is 0 Å². The molecule has 3 nitrogen and oxygen atoms in total. The molecular weight excluding hydrogens is 304 g/mol. The molecule has 22 heavy (non-hydrogen) atoms. The van der Waals surface area contributed by atoms with Crippen LogP contribution in [0, 0.1) is 5.82 Å². The third-order valence-corrected chi connectivity index (χ3v) is 2.82. The van der Waals surface area contributed by atoms with Gasteiger partial charge in [0.15, 0.2) is 0 Å². The molecule has 116 valence electrons. The maximum Gasteiger partial charge on any atom is 0.519 e. The van der Waals surface area contributed by atoms with Crippen molar-refractivity contribution in [3.8, 4) is 16.9 Å². The van der Waals surface area contributed by atoms with Gasteiger partial charge < -0.3 is 14.6 Å². The van der Waals surface area contributed by atoms with E-state index < -0.39 is 30.1 Å². The van der Waals surface area contributed by atoms with Crippen LogP contribution in [0.4, 0.5) is 17.6 Å². The summed E-state index contributed by atoms with van der Waals surface area (Å²) in [5.74, 6) is -1.52. The highest BCUT2D eigenvalue weighted by Gasteiger charge is 2.31. The first-order valence-electron chi connectivity index (χ1n) is 6.11. The average molecular weight is 315 g/mol. The molecule has 2 rings (SSSR count). The molecule has 0 atom stereocenters. The van der Waals surface area contributed by atoms with E-state index in [1.165, 1.54) is 12.1 Å². The van der Waals surface area contributed by atoms with Gasteiger partial charge in [-0.2, -0.15) is 13.2 Å². The Morgan fingerprint density at radius 3 is 2.27 bits per heavy atom. The highest BCUT2D eigenvalue weighted by Crippen LogP contribution is 2.37. The molecule has 0 heterocycles. The van der Waals surface area contributed by atoms with Crippen molar-refractivity contribution < 1.29 is 32.2 Å². The van der Waals surface area contributed by atoms with Gasteiger partial charge in [-0.05, 0) is 35.9 Å². The van der Waals surface area contributed by atoms with Crippen LogP contribution < -0.4 is 4.74 Å². The molecule has 0 amide bonds. The summed E-state index contributed by atoms with van der Waals surface area (Å²) >= 11 is 0. The molecule has 2 aromatic rings. The van der Waals surface area contributed by atoms with Gasteiger partial charge in [0.2, 0.25) is 6.61 Å². The number of hydrogen-bond acceptors (Lipinski definition) is 1. The van der Waals surface area contributed by atoms with Gasteiger partial charge in [-0.3, -0.25) is 0 Å². The van der Waals surface area contributed by atoms with Crippen molar-refractivity contribution in [2.75, 3.05) is 6.61 Å². The monoisotopic (exact) mass is 315 g/mol. The largest absolute Gasteiger partial charge is 0.519 e. The summed E-state index contributed by atoms with van der Waals surface area (Å²) in [5.41, 5.74) is -0.521. The van der Waals surface area contributed by atoms with E-state index in [2.05, 4.69) is 0 Å². The number of carboxylic acids is 1. The summed E-state index contributed by atoms with van der Waals surface area (Å²) in [6.45, 7) is -0.584. The van der Waals surface area contributed by atoms with E-state index in [1.54, 1.807) is 0 Å². The van der Waals surface area contributed by atoms with Gasteiger partial charge in [0, 0.05) is 5.56 Å². The van der Waals surface area contributed by atoms with E-state index in [1.807, 2.05) is 0 Å². The summed E-state index contributed by atoms with van der Waals surface area (Å²) in [6.07, 6.45) is -4.54. The van der Waals surface area contributed by atoms with Crippen molar-refractivity contribution in [2.24, 2.45) is 0 Å². The molecule has 0 unspecified atom stereocenters. The first-order chi connectivity index (χ1) is 10.3. The normalized spacial score (nSPS) is 11.3. The fourth-order valence-electron chi connectivity index (χ4n) is 1.83. The molecule has 2 N–H and O–H groups in total. The highest BCUT2D eigenvalue weighted by molar-refractivity contribution is 5.73. The standard InChI is InChI=1S/C15H10F4O3/c16-11-4-1-9(2-5-11)12-7-10(15(17,18)19)3-6-13(12)22-8-14(20)21/h1-7H,8H2,(H,20,21)/p+1. The Kier molecular flexibility index (Phi) is 4.35. The molecule has 2 aromatic carbocycles. The topological polar surface area (TPSA) is 50.9 Å². The fourth-order valence-corrected chi connectivity index (χ4v) is 1.83. The van der Waals surface area contributed by atoms with Crippen LogP contribution >= 0.6 is 0 Å². The molecule has 0 aliphatic rings. The van der Waals surface area contributed by atoms with Crippen LogP contribution in [0.5, 0.6) is 5.75 Å². The predicted molar refractivity (Wildman–Crippen MR) is 71.9 cm³/mol. The van der Waals surface area contributed by atoms with E-state index in [0.29, 0.717) is 5.56 Å². The quantitative estimate of drug-likeness (QED) is 0.686. The Balaban J connectivity index is 2.49. The number of benzene rings is 2. The predicted octanol–water partition coefficient (Wildman–Crippen LogP) is 3.95. The minimum absolute atomic E-state index is 0.0141. The first-order valence-corrected chi connectivity index (χ1v) is 6.11. The van der Waals surface area contributed by atoms with E-state index in [9.17, 15) is 17.6 Å². The molecule has 0 bridgehead atoms. The molecule has 0 fully saturated rings. The third-order valence-electron chi connectivity index (χ3n) is 2.82. The van der Waals surface area contributed by atoms with Crippen LogP contribution in [0.15, 0.2) is 42.5 Å². The van der Waals surface area contributed by atoms with E-state index in [4.69, 9.17) is 14.6 Å². The zero-order chi connectivity index (χ0) is 16.3. The molecule has 0 aliphatic carbocycles. The van der Waals surface area contributed by atoms with Crippen molar-refractivity contribution in [2.45, 2.75) is 6.18 Å². The van der Waals surface area contributed by atoms with Crippen LogP contribution in [0.2, 0.25) is 0 Å². The maximum atomic E-state index is 12.9.